The van der Waals surface area contributed by atoms with E-state index in [-0.39, 0.29) is 0 Å². The summed E-state index contributed by atoms with van der Waals surface area (Å²) in [5.41, 5.74) is 3.98. The zero-order chi connectivity index (χ0) is 14.0. The highest BCUT2D eigenvalue weighted by Gasteiger charge is 2.14. The fourth-order valence-corrected chi connectivity index (χ4v) is 2.69. The van der Waals surface area contributed by atoms with E-state index in [0.717, 1.165) is 36.8 Å². The van der Waals surface area contributed by atoms with Crippen molar-refractivity contribution in [2.75, 3.05) is 0 Å². The highest BCUT2D eigenvalue weighted by molar-refractivity contribution is 5.96. The monoisotopic (exact) mass is 259 g/mol. The maximum atomic E-state index is 11.2. The Hall–Kier alpha value is -1.77. The van der Waals surface area contributed by atoms with Crippen LogP contribution in [-0.4, -0.2) is 15.6 Å². The molecule has 0 saturated carbocycles. The van der Waals surface area contributed by atoms with E-state index in [2.05, 4.69) is 31.5 Å². The van der Waals surface area contributed by atoms with Gasteiger partial charge in [-0.2, -0.15) is 0 Å². The van der Waals surface area contributed by atoms with Crippen LogP contribution < -0.4 is 0 Å². The number of aryl methyl sites for hydroxylation is 3. The van der Waals surface area contributed by atoms with Crippen molar-refractivity contribution in [2.24, 2.45) is 0 Å². The summed E-state index contributed by atoms with van der Waals surface area (Å²) in [6.45, 7) is 7.34. The van der Waals surface area contributed by atoms with E-state index < -0.39 is 5.97 Å². The van der Waals surface area contributed by atoms with Crippen LogP contribution in [0.1, 0.15) is 48.7 Å². The first kappa shape index (κ1) is 13.7. The smallest absolute Gasteiger partial charge is 0.335 e. The van der Waals surface area contributed by atoms with Crippen LogP contribution in [0.5, 0.6) is 0 Å². The summed E-state index contributed by atoms with van der Waals surface area (Å²) >= 11 is 0. The Kier molecular flexibility index (Phi) is 3.93. The minimum atomic E-state index is -0.845. The molecule has 0 bridgehead atoms. The molecule has 19 heavy (non-hydrogen) atoms. The SMILES string of the molecule is CCCn1cc(CC)c2cc(C(=O)O)cc(CC)c21. The largest absolute Gasteiger partial charge is 0.478 e. The Morgan fingerprint density at radius 2 is 1.84 bits per heavy atom. The Balaban J connectivity index is 2.78. The fraction of sp³-hybridized carbons (Fsp3) is 0.438. The van der Waals surface area contributed by atoms with Gasteiger partial charge >= 0.3 is 5.97 Å². The quantitative estimate of drug-likeness (QED) is 0.885. The van der Waals surface area contributed by atoms with Crippen molar-refractivity contribution in [2.45, 2.75) is 46.6 Å². The minimum absolute atomic E-state index is 0.397. The van der Waals surface area contributed by atoms with Gasteiger partial charge < -0.3 is 9.67 Å². The number of hydrogen-bond acceptors (Lipinski definition) is 1. The minimum Gasteiger partial charge on any atom is -0.478 e. The van der Waals surface area contributed by atoms with Crippen molar-refractivity contribution in [1.82, 2.24) is 4.57 Å². The number of rotatable bonds is 5. The topological polar surface area (TPSA) is 42.2 Å². The summed E-state index contributed by atoms with van der Waals surface area (Å²) in [5, 5.41) is 10.3. The fourth-order valence-electron chi connectivity index (χ4n) is 2.69. The molecular formula is C16H21NO2. The first-order chi connectivity index (χ1) is 9.12. The summed E-state index contributed by atoms with van der Waals surface area (Å²) in [7, 11) is 0. The molecule has 0 aliphatic heterocycles. The van der Waals surface area contributed by atoms with E-state index in [1.165, 1.54) is 11.1 Å². The molecule has 3 heteroatoms. The second-order valence-electron chi connectivity index (χ2n) is 4.89. The molecule has 1 N–H and O–H groups in total. The van der Waals surface area contributed by atoms with Gasteiger partial charge in [0.1, 0.15) is 0 Å². The maximum absolute atomic E-state index is 11.2. The third-order valence-corrected chi connectivity index (χ3v) is 3.61. The zero-order valence-corrected chi connectivity index (χ0v) is 11.9. The summed E-state index contributed by atoms with van der Waals surface area (Å²) < 4.78 is 2.28. The highest BCUT2D eigenvalue weighted by Crippen LogP contribution is 2.28. The van der Waals surface area contributed by atoms with Gasteiger partial charge in [0, 0.05) is 18.1 Å². The molecule has 0 radical (unpaired) electrons. The number of aromatic carboxylic acids is 1. The molecule has 102 valence electrons. The number of carboxylic acids is 1. The van der Waals surface area contributed by atoms with Crippen molar-refractivity contribution in [3.05, 3.63) is 35.0 Å². The van der Waals surface area contributed by atoms with E-state index in [1.807, 2.05) is 12.1 Å². The van der Waals surface area contributed by atoms with Crippen LogP contribution in [0, 0.1) is 0 Å². The molecular weight excluding hydrogens is 238 g/mol. The van der Waals surface area contributed by atoms with Gasteiger partial charge in [-0.15, -0.1) is 0 Å². The van der Waals surface area contributed by atoms with E-state index in [4.69, 9.17) is 0 Å². The third-order valence-electron chi connectivity index (χ3n) is 3.61. The lowest BCUT2D eigenvalue weighted by Gasteiger charge is -2.08. The standard InChI is InChI=1S/C16H21NO2/c1-4-7-17-10-12(6-3)14-9-13(16(18)19)8-11(5-2)15(14)17/h8-10H,4-7H2,1-3H3,(H,18,19). The Labute approximate surface area is 113 Å². The lowest BCUT2D eigenvalue weighted by molar-refractivity contribution is 0.0697. The van der Waals surface area contributed by atoms with Gasteiger partial charge in [0.05, 0.1) is 11.1 Å². The molecule has 0 spiro atoms. The van der Waals surface area contributed by atoms with E-state index in [0.29, 0.717) is 5.56 Å². The van der Waals surface area contributed by atoms with E-state index in [9.17, 15) is 9.90 Å². The highest BCUT2D eigenvalue weighted by atomic mass is 16.4. The predicted octanol–water partition coefficient (Wildman–Crippen LogP) is 3.87. The van der Waals surface area contributed by atoms with Gasteiger partial charge in [-0.05, 0) is 42.5 Å². The molecule has 2 aromatic rings. The summed E-state index contributed by atoms with van der Waals surface area (Å²) in [4.78, 5) is 11.2. The number of hydrogen-bond donors (Lipinski definition) is 1. The molecule has 0 aliphatic rings. The van der Waals surface area contributed by atoms with Crippen LogP contribution in [0.25, 0.3) is 10.9 Å². The van der Waals surface area contributed by atoms with Gasteiger partial charge in [0.15, 0.2) is 0 Å². The average molecular weight is 259 g/mol. The van der Waals surface area contributed by atoms with Crippen LogP contribution in [0.2, 0.25) is 0 Å². The number of aromatic nitrogens is 1. The molecule has 3 nitrogen and oxygen atoms in total. The first-order valence-electron chi connectivity index (χ1n) is 7.00. The second kappa shape index (κ2) is 5.47. The zero-order valence-electron chi connectivity index (χ0n) is 11.9. The third kappa shape index (κ3) is 2.37. The van der Waals surface area contributed by atoms with Crippen LogP contribution in [0.3, 0.4) is 0 Å². The first-order valence-corrected chi connectivity index (χ1v) is 7.00. The molecule has 0 unspecified atom stereocenters. The van der Waals surface area contributed by atoms with E-state index >= 15 is 0 Å². The Morgan fingerprint density at radius 3 is 2.37 bits per heavy atom. The molecule has 0 aliphatic carbocycles. The molecule has 0 fully saturated rings. The van der Waals surface area contributed by atoms with Gasteiger partial charge in [0.25, 0.3) is 0 Å². The summed E-state index contributed by atoms with van der Waals surface area (Å²) in [6.07, 6.45) is 5.05. The molecule has 1 heterocycles. The molecule has 1 aromatic heterocycles. The van der Waals surface area contributed by atoms with Crippen molar-refractivity contribution < 1.29 is 9.90 Å². The van der Waals surface area contributed by atoms with Crippen LogP contribution in [0.4, 0.5) is 0 Å². The van der Waals surface area contributed by atoms with E-state index in [1.54, 1.807) is 0 Å². The van der Waals surface area contributed by atoms with Crippen LogP contribution in [-0.2, 0) is 19.4 Å². The number of carbonyl (C=O) groups is 1. The molecule has 2 rings (SSSR count). The Bertz CT molecular complexity index is 611. The summed E-state index contributed by atoms with van der Waals surface area (Å²) in [5.74, 6) is -0.845. The van der Waals surface area contributed by atoms with Gasteiger partial charge in [-0.1, -0.05) is 20.8 Å². The predicted molar refractivity (Wildman–Crippen MR) is 77.9 cm³/mol. The molecule has 0 saturated heterocycles. The molecule has 0 atom stereocenters. The summed E-state index contributed by atoms with van der Waals surface area (Å²) in [6, 6.07) is 3.64. The van der Waals surface area contributed by atoms with Crippen LogP contribution in [0.15, 0.2) is 18.3 Å². The lowest BCUT2D eigenvalue weighted by Crippen LogP contribution is -2.01. The number of fused-ring (bicyclic) bond motifs is 1. The number of benzene rings is 1. The maximum Gasteiger partial charge on any atom is 0.335 e. The lowest BCUT2D eigenvalue weighted by atomic mass is 10.0. The molecule has 0 amide bonds. The van der Waals surface area contributed by atoms with Crippen molar-refractivity contribution >= 4 is 16.9 Å². The van der Waals surface area contributed by atoms with Crippen molar-refractivity contribution in [3.8, 4) is 0 Å². The normalized spacial score (nSPS) is 11.1. The number of nitrogens with zero attached hydrogens (tertiary/aromatic N) is 1. The van der Waals surface area contributed by atoms with Crippen LogP contribution >= 0.6 is 0 Å². The second-order valence-corrected chi connectivity index (χ2v) is 4.89. The van der Waals surface area contributed by atoms with Crippen molar-refractivity contribution in [1.29, 1.82) is 0 Å². The number of carboxylic acid groups (broad SMARTS) is 1. The van der Waals surface area contributed by atoms with Gasteiger partial charge in [0.2, 0.25) is 0 Å². The average Bonchev–Trinajstić information content (AvgIpc) is 2.76. The van der Waals surface area contributed by atoms with Gasteiger partial charge in [-0.25, -0.2) is 4.79 Å². The molecule has 1 aromatic carbocycles. The van der Waals surface area contributed by atoms with Gasteiger partial charge in [-0.3, -0.25) is 0 Å². The Morgan fingerprint density at radius 1 is 1.16 bits per heavy atom. The van der Waals surface area contributed by atoms with Crippen molar-refractivity contribution in [3.63, 3.8) is 0 Å².